The van der Waals surface area contributed by atoms with E-state index in [1.165, 1.54) is 12.1 Å². The number of ether oxygens (including phenoxy) is 1. The van der Waals surface area contributed by atoms with Crippen molar-refractivity contribution in [2.45, 2.75) is 71.7 Å². The van der Waals surface area contributed by atoms with E-state index in [2.05, 4.69) is 10.3 Å². The van der Waals surface area contributed by atoms with Crippen LogP contribution in [0, 0.1) is 17.8 Å². The molecule has 7 nitrogen and oxygen atoms in total. The molecule has 10 heteroatoms. The van der Waals surface area contributed by atoms with Gasteiger partial charge in [-0.2, -0.15) is 13.2 Å². The third-order valence-electron chi connectivity index (χ3n) is 6.53. The van der Waals surface area contributed by atoms with Crippen LogP contribution in [0.15, 0.2) is 28.7 Å². The Morgan fingerprint density at radius 1 is 1.22 bits per heavy atom. The first kappa shape index (κ1) is 27.7. The average Bonchev–Trinajstić information content (AvgIpc) is 3.25. The highest BCUT2D eigenvalue weighted by molar-refractivity contribution is 5.85. The zero-order valence-electron chi connectivity index (χ0n) is 20.7. The summed E-state index contributed by atoms with van der Waals surface area (Å²) in [5.74, 6) is -0.723. The Hall–Kier alpha value is -2.88. The number of nitrogens with zero attached hydrogens (tertiary/aromatic N) is 1. The van der Waals surface area contributed by atoms with Gasteiger partial charge in [0.2, 0.25) is 11.8 Å². The smallest absolute Gasteiger partial charge is 0.416 e. The minimum atomic E-state index is -4.41. The molecule has 0 saturated heterocycles. The first-order chi connectivity index (χ1) is 17.0. The lowest BCUT2D eigenvalue weighted by molar-refractivity contribution is -0.144. The molecule has 1 amide bonds. The van der Waals surface area contributed by atoms with Crippen LogP contribution < -0.4 is 5.32 Å². The number of aliphatic carboxylic acids is 1. The maximum atomic E-state index is 12.8. The van der Waals surface area contributed by atoms with Crippen molar-refractivity contribution in [2.75, 3.05) is 6.61 Å². The first-order valence-corrected chi connectivity index (χ1v) is 12.3. The van der Waals surface area contributed by atoms with Gasteiger partial charge in [-0.3, -0.25) is 4.79 Å². The molecule has 198 valence electrons. The highest BCUT2D eigenvalue weighted by Crippen LogP contribution is 2.32. The van der Waals surface area contributed by atoms with Crippen molar-refractivity contribution in [1.82, 2.24) is 10.3 Å². The number of carboxylic acids is 1. The highest BCUT2D eigenvalue weighted by atomic mass is 19.4. The molecule has 1 aromatic heterocycles. The predicted octanol–water partition coefficient (Wildman–Crippen LogP) is 5.47. The Morgan fingerprint density at radius 3 is 2.50 bits per heavy atom. The van der Waals surface area contributed by atoms with Crippen molar-refractivity contribution in [3.63, 3.8) is 0 Å². The number of carbonyl (C=O) groups excluding carboxylic acids is 1. The van der Waals surface area contributed by atoms with Crippen LogP contribution in [0.1, 0.15) is 63.5 Å². The van der Waals surface area contributed by atoms with Crippen molar-refractivity contribution in [3.05, 3.63) is 41.3 Å². The molecule has 3 rings (SSSR count). The minimum absolute atomic E-state index is 0.156. The fourth-order valence-corrected chi connectivity index (χ4v) is 4.49. The molecular formula is C26H33F3N2O5. The van der Waals surface area contributed by atoms with E-state index in [0.29, 0.717) is 42.9 Å². The van der Waals surface area contributed by atoms with Crippen LogP contribution >= 0.6 is 0 Å². The normalized spacial score (nSPS) is 19.3. The molecule has 2 unspecified atom stereocenters. The number of amides is 1. The number of hydrogen-bond donors (Lipinski definition) is 2. The number of carbonyl (C=O) groups is 2. The van der Waals surface area contributed by atoms with Gasteiger partial charge in [-0.1, -0.05) is 27.2 Å². The summed E-state index contributed by atoms with van der Waals surface area (Å²) in [6.07, 6.45) is -0.758. The van der Waals surface area contributed by atoms with Crippen LogP contribution in [-0.2, 0) is 33.5 Å². The van der Waals surface area contributed by atoms with Gasteiger partial charge in [-0.05, 0) is 55.4 Å². The van der Waals surface area contributed by atoms with Crippen LogP contribution in [0.3, 0.4) is 0 Å². The molecule has 0 radical (unpaired) electrons. The summed E-state index contributed by atoms with van der Waals surface area (Å²) in [5, 5.41) is 12.0. The second kappa shape index (κ2) is 11.9. The molecular weight excluding hydrogens is 477 g/mol. The van der Waals surface area contributed by atoms with Gasteiger partial charge >= 0.3 is 12.1 Å². The second-order valence-corrected chi connectivity index (χ2v) is 9.63. The SMILES string of the molecule is CCc1oc(-c2ccc(C(F)(F)F)cc2)nc1COCC1CCCC(C(=O)N[C@H](C(=O)O)C(C)C)C1. The number of benzene rings is 1. The quantitative estimate of drug-likeness (QED) is 0.440. The van der Waals surface area contributed by atoms with E-state index >= 15 is 0 Å². The Morgan fingerprint density at radius 2 is 1.92 bits per heavy atom. The van der Waals surface area contributed by atoms with Crippen molar-refractivity contribution >= 4 is 11.9 Å². The zero-order valence-corrected chi connectivity index (χ0v) is 20.7. The van der Waals surface area contributed by atoms with E-state index in [1.807, 2.05) is 6.92 Å². The summed E-state index contributed by atoms with van der Waals surface area (Å²) < 4.78 is 50.1. The molecule has 0 spiro atoms. The molecule has 1 aliphatic rings. The molecule has 3 atom stereocenters. The van der Waals surface area contributed by atoms with Gasteiger partial charge in [0, 0.05) is 24.5 Å². The molecule has 1 aliphatic carbocycles. The molecule has 0 aliphatic heterocycles. The number of alkyl halides is 3. The van der Waals surface area contributed by atoms with Gasteiger partial charge in [0.15, 0.2) is 0 Å². The topological polar surface area (TPSA) is 102 Å². The average molecular weight is 511 g/mol. The fourth-order valence-electron chi connectivity index (χ4n) is 4.49. The lowest BCUT2D eigenvalue weighted by atomic mass is 9.81. The minimum Gasteiger partial charge on any atom is -0.480 e. The van der Waals surface area contributed by atoms with Crippen molar-refractivity contribution < 1.29 is 37.0 Å². The van der Waals surface area contributed by atoms with E-state index in [-0.39, 0.29) is 36.2 Å². The molecule has 36 heavy (non-hydrogen) atoms. The maximum Gasteiger partial charge on any atom is 0.416 e. The highest BCUT2D eigenvalue weighted by Gasteiger charge is 2.32. The van der Waals surface area contributed by atoms with Gasteiger partial charge < -0.3 is 19.6 Å². The Balaban J connectivity index is 1.56. The van der Waals surface area contributed by atoms with Gasteiger partial charge in [-0.25, -0.2) is 9.78 Å². The van der Waals surface area contributed by atoms with Crippen LogP contribution in [0.2, 0.25) is 0 Å². The molecule has 2 N–H and O–H groups in total. The van der Waals surface area contributed by atoms with Gasteiger partial charge in [0.25, 0.3) is 0 Å². The Labute approximate surface area is 208 Å². The van der Waals surface area contributed by atoms with E-state index in [9.17, 15) is 27.9 Å². The fraction of sp³-hybridized carbons (Fsp3) is 0.577. The van der Waals surface area contributed by atoms with Crippen molar-refractivity contribution in [1.29, 1.82) is 0 Å². The van der Waals surface area contributed by atoms with E-state index in [1.54, 1.807) is 13.8 Å². The summed E-state index contributed by atoms with van der Waals surface area (Å²) in [7, 11) is 0. The summed E-state index contributed by atoms with van der Waals surface area (Å²) in [4.78, 5) is 28.5. The number of aromatic nitrogens is 1. The molecule has 1 saturated carbocycles. The Bertz CT molecular complexity index is 1030. The predicted molar refractivity (Wildman–Crippen MR) is 126 cm³/mol. The van der Waals surface area contributed by atoms with Crippen molar-refractivity contribution in [3.8, 4) is 11.5 Å². The summed E-state index contributed by atoms with van der Waals surface area (Å²) in [6.45, 7) is 6.02. The summed E-state index contributed by atoms with van der Waals surface area (Å²) >= 11 is 0. The summed E-state index contributed by atoms with van der Waals surface area (Å²) in [5.41, 5.74) is 0.309. The van der Waals surface area contributed by atoms with Gasteiger partial charge in [-0.15, -0.1) is 0 Å². The third-order valence-corrected chi connectivity index (χ3v) is 6.53. The molecule has 1 fully saturated rings. The third kappa shape index (κ3) is 7.09. The van der Waals surface area contributed by atoms with Crippen LogP contribution in [0.25, 0.3) is 11.5 Å². The number of halogens is 3. The number of nitrogens with one attached hydrogen (secondary N) is 1. The number of hydrogen-bond acceptors (Lipinski definition) is 5. The van der Waals surface area contributed by atoms with Crippen LogP contribution in [0.5, 0.6) is 0 Å². The molecule has 0 bridgehead atoms. The monoisotopic (exact) mass is 510 g/mol. The van der Waals surface area contributed by atoms with E-state index in [0.717, 1.165) is 25.0 Å². The number of oxazole rings is 1. The molecule has 1 heterocycles. The lowest BCUT2D eigenvalue weighted by Gasteiger charge is -2.29. The van der Waals surface area contributed by atoms with Gasteiger partial charge in [0.1, 0.15) is 17.5 Å². The zero-order chi connectivity index (χ0) is 26.5. The summed E-state index contributed by atoms with van der Waals surface area (Å²) in [6, 6.07) is 3.75. The maximum absolute atomic E-state index is 12.8. The second-order valence-electron chi connectivity index (χ2n) is 9.63. The Kier molecular flexibility index (Phi) is 9.16. The van der Waals surface area contributed by atoms with Crippen LogP contribution in [-0.4, -0.2) is 34.6 Å². The van der Waals surface area contributed by atoms with E-state index in [4.69, 9.17) is 9.15 Å². The first-order valence-electron chi connectivity index (χ1n) is 12.3. The number of rotatable bonds is 10. The molecule has 1 aromatic carbocycles. The largest absolute Gasteiger partial charge is 0.480 e. The van der Waals surface area contributed by atoms with E-state index < -0.39 is 23.8 Å². The lowest BCUT2D eigenvalue weighted by Crippen LogP contribution is -2.47. The standard InChI is InChI=1S/C26H33F3N2O5/c1-4-21-20(30-24(36-21)17-8-10-19(11-9-17)26(27,28)29)14-35-13-16-6-5-7-18(12-16)23(32)31-22(15(2)3)25(33)34/h8-11,15-16,18,22H,4-7,12-14H2,1-3H3,(H,31,32)(H,33,34)/t16?,18?,22-/m0/s1. The molecule has 2 aromatic rings. The number of aryl methyl sites for hydroxylation is 1. The van der Waals surface area contributed by atoms with Crippen LogP contribution in [0.4, 0.5) is 13.2 Å². The number of carboxylic acid groups (broad SMARTS) is 1. The van der Waals surface area contributed by atoms with Crippen molar-refractivity contribution in [2.24, 2.45) is 17.8 Å². The van der Waals surface area contributed by atoms with Gasteiger partial charge in [0.05, 0.1) is 12.2 Å².